The van der Waals surface area contributed by atoms with Crippen LogP contribution in [0.2, 0.25) is 0 Å². The van der Waals surface area contributed by atoms with Gasteiger partial charge in [0.1, 0.15) is 0 Å². The molecule has 0 atom stereocenters. The van der Waals surface area contributed by atoms with E-state index in [0.717, 1.165) is 0 Å². The number of benzene rings is 2. The zero-order valence-electron chi connectivity index (χ0n) is 9.40. The number of nitrogens with zero attached hydrogens (tertiary/aromatic N) is 1. The van der Waals surface area contributed by atoms with E-state index in [1.807, 2.05) is 0 Å². The quantitative estimate of drug-likeness (QED) is 0.545. The minimum absolute atomic E-state index is 0. The Morgan fingerprint density at radius 2 is 1.62 bits per heavy atom. The molecule has 3 rings (SSSR count). The van der Waals surface area contributed by atoms with E-state index in [-0.39, 0.29) is 24.0 Å². The fourth-order valence-electron chi connectivity index (χ4n) is 2.26. The summed E-state index contributed by atoms with van der Waals surface area (Å²) in [6.07, 6.45) is 0. The van der Waals surface area contributed by atoms with Gasteiger partial charge in [-0.3, -0.25) is 0 Å². The van der Waals surface area contributed by atoms with Gasteiger partial charge in [-0.05, 0) is 18.4 Å². The maximum absolute atomic E-state index is 2.26. The highest BCUT2D eigenvalue weighted by Gasteiger charge is 2.05. The summed E-state index contributed by atoms with van der Waals surface area (Å²) in [5.74, 6) is 0. The maximum atomic E-state index is 2.26. The van der Waals surface area contributed by atoms with Crippen molar-refractivity contribution in [2.45, 2.75) is 6.92 Å². The highest BCUT2D eigenvalue weighted by molar-refractivity contribution is 14.0. The van der Waals surface area contributed by atoms with Gasteiger partial charge in [-0.2, -0.15) is 0 Å². The van der Waals surface area contributed by atoms with Gasteiger partial charge in [0, 0.05) is 23.5 Å². The fraction of sp³-hybridized carbons (Fsp3) is 0.143. The minimum atomic E-state index is 0. The largest absolute Gasteiger partial charge is 0.347 e. The molecule has 2 aromatic carbocycles. The summed E-state index contributed by atoms with van der Waals surface area (Å²) in [5.41, 5.74) is 2.65. The molecule has 0 aliphatic carbocycles. The normalized spacial score (nSPS) is 10.6. The minimum Gasteiger partial charge on any atom is -0.347 e. The zero-order valence-corrected chi connectivity index (χ0v) is 11.7. The van der Waals surface area contributed by atoms with E-state index in [2.05, 4.69) is 61.0 Å². The average Bonchev–Trinajstić information content (AvgIpc) is 2.55. The van der Waals surface area contributed by atoms with Gasteiger partial charge < -0.3 is 4.57 Å². The van der Waals surface area contributed by atoms with Crippen LogP contribution >= 0.6 is 24.0 Å². The number of rotatable bonds is 0. The molecule has 1 aromatic heterocycles. The molecule has 0 spiro atoms. The van der Waals surface area contributed by atoms with Crippen LogP contribution in [0.3, 0.4) is 0 Å². The molecule has 0 saturated carbocycles. The third-order valence-electron chi connectivity index (χ3n) is 3.16. The lowest BCUT2D eigenvalue weighted by molar-refractivity contribution is 0.921. The van der Waals surface area contributed by atoms with Crippen molar-refractivity contribution in [2.75, 3.05) is 0 Å². The molecule has 0 aliphatic heterocycles. The molecule has 0 radical (unpaired) electrons. The van der Waals surface area contributed by atoms with Crippen molar-refractivity contribution in [3.05, 3.63) is 48.2 Å². The van der Waals surface area contributed by atoms with Crippen LogP contribution in [-0.4, -0.2) is 4.57 Å². The predicted molar refractivity (Wildman–Crippen MR) is 80.6 cm³/mol. The number of aromatic nitrogens is 1. The summed E-state index contributed by atoms with van der Waals surface area (Å²) >= 11 is 0. The van der Waals surface area contributed by atoms with E-state index in [1.165, 1.54) is 27.4 Å². The molecule has 2 heteroatoms. The summed E-state index contributed by atoms with van der Waals surface area (Å²) in [6.45, 7) is 2.15. The smallest absolute Gasteiger partial charge is 0.0559 e. The van der Waals surface area contributed by atoms with Crippen LogP contribution < -0.4 is 0 Å². The second kappa shape index (κ2) is 4.09. The maximum Gasteiger partial charge on any atom is 0.0559 e. The van der Waals surface area contributed by atoms with Crippen LogP contribution in [-0.2, 0) is 7.05 Å². The molecule has 82 valence electrons. The second-order valence-corrected chi connectivity index (χ2v) is 4.07. The van der Waals surface area contributed by atoms with Gasteiger partial charge in [0.05, 0.1) is 5.52 Å². The molecule has 0 N–H and O–H groups in total. The molecule has 3 aromatic rings. The van der Waals surface area contributed by atoms with E-state index in [0.29, 0.717) is 0 Å². The molecule has 1 heterocycles. The van der Waals surface area contributed by atoms with Crippen molar-refractivity contribution in [3.63, 3.8) is 0 Å². The van der Waals surface area contributed by atoms with E-state index in [9.17, 15) is 0 Å². The molecule has 0 bridgehead atoms. The summed E-state index contributed by atoms with van der Waals surface area (Å²) < 4.78 is 2.26. The molecule has 0 unspecified atom stereocenters. The van der Waals surface area contributed by atoms with E-state index >= 15 is 0 Å². The Balaban J connectivity index is 0.000000963. The highest BCUT2D eigenvalue weighted by atomic mass is 127. The average molecular weight is 323 g/mol. The summed E-state index contributed by atoms with van der Waals surface area (Å²) in [6, 6.07) is 15.2. The third-order valence-corrected chi connectivity index (χ3v) is 3.16. The summed E-state index contributed by atoms with van der Waals surface area (Å²) in [7, 11) is 2.13. The molecule has 0 fully saturated rings. The topological polar surface area (TPSA) is 4.93 Å². The lowest BCUT2D eigenvalue weighted by Gasteiger charge is -2.03. The Bertz CT molecular complexity index is 652. The Morgan fingerprint density at radius 3 is 2.44 bits per heavy atom. The lowest BCUT2D eigenvalue weighted by atomic mass is 10.1. The van der Waals surface area contributed by atoms with Crippen LogP contribution in [0.1, 0.15) is 5.69 Å². The van der Waals surface area contributed by atoms with E-state index in [4.69, 9.17) is 0 Å². The predicted octanol–water partition coefficient (Wildman–Crippen LogP) is 4.26. The van der Waals surface area contributed by atoms with Crippen molar-refractivity contribution in [3.8, 4) is 0 Å². The molecule has 0 aliphatic rings. The first-order valence-corrected chi connectivity index (χ1v) is 5.21. The highest BCUT2D eigenvalue weighted by Crippen LogP contribution is 2.27. The van der Waals surface area contributed by atoms with E-state index < -0.39 is 0 Å². The molecule has 1 nitrogen and oxygen atoms in total. The number of aryl methyl sites for hydroxylation is 2. The lowest BCUT2D eigenvalue weighted by Crippen LogP contribution is -1.90. The molecule has 0 amide bonds. The van der Waals surface area contributed by atoms with Crippen molar-refractivity contribution < 1.29 is 0 Å². The van der Waals surface area contributed by atoms with Crippen LogP contribution in [0, 0.1) is 6.92 Å². The monoisotopic (exact) mass is 323 g/mol. The van der Waals surface area contributed by atoms with E-state index in [1.54, 1.807) is 0 Å². The van der Waals surface area contributed by atoms with Crippen molar-refractivity contribution >= 4 is 45.7 Å². The first kappa shape index (κ1) is 11.5. The molecular weight excluding hydrogens is 309 g/mol. The van der Waals surface area contributed by atoms with Gasteiger partial charge in [-0.25, -0.2) is 0 Å². The molecule has 16 heavy (non-hydrogen) atoms. The Hall–Kier alpha value is -1.03. The van der Waals surface area contributed by atoms with Crippen LogP contribution in [0.4, 0.5) is 0 Å². The Morgan fingerprint density at radius 1 is 0.938 bits per heavy atom. The Kier molecular flexibility index (Phi) is 2.93. The van der Waals surface area contributed by atoms with Crippen LogP contribution in [0.15, 0.2) is 42.5 Å². The third kappa shape index (κ3) is 1.52. The van der Waals surface area contributed by atoms with Gasteiger partial charge in [0.25, 0.3) is 0 Å². The SMILES string of the molecule is Cc1cc2ccc3ccccc3c2n1C.I. The zero-order chi connectivity index (χ0) is 10.4. The van der Waals surface area contributed by atoms with Gasteiger partial charge in [-0.1, -0.05) is 36.4 Å². The summed E-state index contributed by atoms with van der Waals surface area (Å²) in [5, 5.41) is 3.98. The van der Waals surface area contributed by atoms with Crippen molar-refractivity contribution in [1.29, 1.82) is 0 Å². The fourth-order valence-corrected chi connectivity index (χ4v) is 2.26. The van der Waals surface area contributed by atoms with Crippen LogP contribution in [0.5, 0.6) is 0 Å². The van der Waals surface area contributed by atoms with Gasteiger partial charge in [-0.15, -0.1) is 24.0 Å². The number of hydrogen-bond donors (Lipinski definition) is 0. The van der Waals surface area contributed by atoms with Crippen molar-refractivity contribution in [2.24, 2.45) is 7.05 Å². The molecule has 0 saturated heterocycles. The second-order valence-electron chi connectivity index (χ2n) is 4.07. The number of halogens is 1. The Labute approximate surface area is 112 Å². The van der Waals surface area contributed by atoms with Gasteiger partial charge in [0.15, 0.2) is 0 Å². The first-order valence-electron chi connectivity index (χ1n) is 5.21. The number of hydrogen-bond acceptors (Lipinski definition) is 0. The first-order chi connectivity index (χ1) is 7.27. The number of fused-ring (bicyclic) bond motifs is 3. The summed E-state index contributed by atoms with van der Waals surface area (Å²) in [4.78, 5) is 0. The molecular formula is C14H14IN. The standard InChI is InChI=1S/C14H13N.HI/c1-10-9-12-8-7-11-5-3-4-6-13(11)14(12)15(10)2;/h3-9H,1-2H3;1H. The van der Waals surface area contributed by atoms with Crippen molar-refractivity contribution in [1.82, 2.24) is 4.57 Å². The van der Waals surface area contributed by atoms with Crippen LogP contribution in [0.25, 0.3) is 21.7 Å². The van der Waals surface area contributed by atoms with Gasteiger partial charge in [0.2, 0.25) is 0 Å². The van der Waals surface area contributed by atoms with Gasteiger partial charge >= 0.3 is 0 Å².